The molecule has 0 saturated heterocycles. The van der Waals surface area contributed by atoms with Gasteiger partial charge in [-0.25, -0.2) is 9.97 Å². The zero-order chi connectivity index (χ0) is 14.5. The summed E-state index contributed by atoms with van der Waals surface area (Å²) in [6.45, 7) is 3.02. The van der Waals surface area contributed by atoms with Crippen LogP contribution < -0.4 is 5.32 Å². The fraction of sp³-hybridized carbons (Fsp3) is 0.294. The molecule has 4 heteroatoms. The van der Waals surface area contributed by atoms with Crippen LogP contribution in [-0.4, -0.2) is 16.5 Å². The lowest BCUT2D eigenvalue weighted by molar-refractivity contribution is 0.855. The minimum Gasteiger partial charge on any atom is -0.369 e. The normalized spacial score (nSPS) is 10.9. The topological polar surface area (TPSA) is 37.8 Å². The Labute approximate surface area is 129 Å². The van der Waals surface area contributed by atoms with Crippen molar-refractivity contribution in [2.75, 3.05) is 11.9 Å². The van der Waals surface area contributed by atoms with Crippen LogP contribution in [0.15, 0.2) is 41.8 Å². The number of hydrogen-bond acceptors (Lipinski definition) is 4. The highest BCUT2D eigenvalue weighted by Gasteiger charge is 2.07. The van der Waals surface area contributed by atoms with E-state index in [0.717, 1.165) is 47.7 Å². The van der Waals surface area contributed by atoms with Crippen LogP contribution in [0.1, 0.15) is 24.7 Å². The van der Waals surface area contributed by atoms with Gasteiger partial charge in [0.15, 0.2) is 0 Å². The van der Waals surface area contributed by atoms with Crippen molar-refractivity contribution in [3.63, 3.8) is 0 Å². The molecular weight excluding hydrogens is 278 g/mol. The quantitative estimate of drug-likeness (QED) is 0.689. The average Bonchev–Trinajstić information content (AvgIpc) is 3.00. The number of thiophene rings is 1. The van der Waals surface area contributed by atoms with Crippen molar-refractivity contribution in [1.82, 2.24) is 9.97 Å². The first-order valence-corrected chi connectivity index (χ1v) is 8.26. The van der Waals surface area contributed by atoms with E-state index in [1.807, 2.05) is 0 Å². The summed E-state index contributed by atoms with van der Waals surface area (Å²) in [6, 6.07) is 12.7. The first-order chi connectivity index (χ1) is 10.4. The number of anilines is 1. The van der Waals surface area contributed by atoms with Crippen molar-refractivity contribution >= 4 is 27.4 Å². The Hall–Kier alpha value is -1.94. The van der Waals surface area contributed by atoms with Crippen LogP contribution in [0.2, 0.25) is 0 Å². The molecule has 3 aromatic rings. The van der Waals surface area contributed by atoms with Crippen LogP contribution in [-0.2, 0) is 12.8 Å². The van der Waals surface area contributed by atoms with Crippen LogP contribution in [0.25, 0.3) is 10.2 Å². The Morgan fingerprint density at radius 1 is 1.10 bits per heavy atom. The predicted octanol–water partition coefficient (Wildman–Crippen LogP) is 4.30. The molecular formula is C17H19N3S. The molecule has 0 radical (unpaired) electrons. The number of nitrogens with one attached hydrogen (secondary N) is 1. The van der Waals surface area contributed by atoms with Crippen LogP contribution in [0.3, 0.4) is 0 Å². The van der Waals surface area contributed by atoms with Gasteiger partial charge in [0.05, 0.1) is 5.39 Å². The van der Waals surface area contributed by atoms with E-state index in [2.05, 4.69) is 64.0 Å². The highest BCUT2D eigenvalue weighted by Crippen LogP contribution is 2.25. The zero-order valence-corrected chi connectivity index (χ0v) is 13.0. The Morgan fingerprint density at radius 3 is 2.76 bits per heavy atom. The van der Waals surface area contributed by atoms with Gasteiger partial charge in [0, 0.05) is 13.0 Å². The molecule has 0 spiro atoms. The van der Waals surface area contributed by atoms with Crippen molar-refractivity contribution in [1.29, 1.82) is 0 Å². The molecule has 0 unspecified atom stereocenters. The lowest BCUT2D eigenvalue weighted by Crippen LogP contribution is -2.07. The SMILES string of the molecule is CCc1nc(NCCCc2ccccc2)c2ccsc2n1. The van der Waals surface area contributed by atoms with Crippen LogP contribution in [0.5, 0.6) is 0 Å². The van der Waals surface area contributed by atoms with Gasteiger partial charge in [0.1, 0.15) is 16.5 Å². The van der Waals surface area contributed by atoms with Crippen LogP contribution >= 0.6 is 11.3 Å². The van der Waals surface area contributed by atoms with Gasteiger partial charge in [-0.2, -0.15) is 0 Å². The molecule has 2 aromatic heterocycles. The number of aromatic nitrogens is 2. The highest BCUT2D eigenvalue weighted by atomic mass is 32.1. The van der Waals surface area contributed by atoms with Crippen molar-refractivity contribution in [3.05, 3.63) is 53.2 Å². The van der Waals surface area contributed by atoms with Gasteiger partial charge in [-0.3, -0.25) is 0 Å². The monoisotopic (exact) mass is 297 g/mol. The fourth-order valence-electron chi connectivity index (χ4n) is 2.34. The molecule has 0 aliphatic heterocycles. The van der Waals surface area contributed by atoms with Gasteiger partial charge in [-0.15, -0.1) is 11.3 Å². The Morgan fingerprint density at radius 2 is 1.95 bits per heavy atom. The number of rotatable bonds is 6. The lowest BCUT2D eigenvalue weighted by Gasteiger charge is -2.08. The largest absolute Gasteiger partial charge is 0.369 e. The van der Waals surface area contributed by atoms with Gasteiger partial charge >= 0.3 is 0 Å². The van der Waals surface area contributed by atoms with E-state index in [0.29, 0.717) is 0 Å². The fourth-order valence-corrected chi connectivity index (χ4v) is 3.12. The van der Waals surface area contributed by atoms with E-state index in [-0.39, 0.29) is 0 Å². The third-order valence-electron chi connectivity index (χ3n) is 3.47. The first-order valence-electron chi connectivity index (χ1n) is 7.38. The van der Waals surface area contributed by atoms with Crippen molar-refractivity contribution in [2.24, 2.45) is 0 Å². The van der Waals surface area contributed by atoms with E-state index in [1.54, 1.807) is 11.3 Å². The smallest absolute Gasteiger partial charge is 0.138 e. The maximum atomic E-state index is 4.62. The van der Waals surface area contributed by atoms with Crippen molar-refractivity contribution in [3.8, 4) is 0 Å². The van der Waals surface area contributed by atoms with Crippen LogP contribution in [0.4, 0.5) is 5.82 Å². The third-order valence-corrected chi connectivity index (χ3v) is 4.27. The molecule has 3 nitrogen and oxygen atoms in total. The van der Waals surface area contributed by atoms with Gasteiger partial charge in [-0.05, 0) is 29.9 Å². The van der Waals surface area contributed by atoms with E-state index >= 15 is 0 Å². The molecule has 108 valence electrons. The van der Waals surface area contributed by atoms with E-state index < -0.39 is 0 Å². The lowest BCUT2D eigenvalue weighted by atomic mass is 10.1. The summed E-state index contributed by atoms with van der Waals surface area (Å²) < 4.78 is 0. The highest BCUT2D eigenvalue weighted by molar-refractivity contribution is 7.16. The average molecular weight is 297 g/mol. The molecule has 0 saturated carbocycles. The Kier molecular flexibility index (Phi) is 4.46. The molecule has 0 amide bonds. The molecule has 2 heterocycles. The van der Waals surface area contributed by atoms with E-state index in [1.165, 1.54) is 5.56 Å². The standard InChI is InChI=1S/C17H19N3S/c1-2-15-19-16(14-10-12-21-17(14)20-15)18-11-6-9-13-7-4-3-5-8-13/h3-5,7-8,10,12H,2,6,9,11H2,1H3,(H,18,19,20). The molecule has 3 rings (SSSR count). The first kappa shape index (κ1) is 14.0. The second-order valence-corrected chi connectivity index (χ2v) is 5.89. The number of fused-ring (bicyclic) bond motifs is 1. The number of hydrogen-bond donors (Lipinski definition) is 1. The summed E-state index contributed by atoms with van der Waals surface area (Å²) in [7, 11) is 0. The molecule has 0 fully saturated rings. The Bertz CT molecular complexity index is 706. The maximum Gasteiger partial charge on any atom is 0.138 e. The summed E-state index contributed by atoms with van der Waals surface area (Å²) in [5, 5.41) is 6.69. The summed E-state index contributed by atoms with van der Waals surface area (Å²) in [5.41, 5.74) is 1.39. The Balaban J connectivity index is 1.63. The molecule has 0 aliphatic carbocycles. The summed E-state index contributed by atoms with van der Waals surface area (Å²) in [6.07, 6.45) is 3.06. The third kappa shape index (κ3) is 3.39. The minimum absolute atomic E-state index is 0.868. The molecule has 1 aromatic carbocycles. The minimum atomic E-state index is 0.868. The second kappa shape index (κ2) is 6.68. The number of benzene rings is 1. The van der Waals surface area contributed by atoms with Crippen molar-refractivity contribution in [2.45, 2.75) is 26.2 Å². The zero-order valence-electron chi connectivity index (χ0n) is 12.2. The summed E-state index contributed by atoms with van der Waals surface area (Å²) in [5.74, 6) is 1.89. The maximum absolute atomic E-state index is 4.62. The summed E-state index contributed by atoms with van der Waals surface area (Å²) in [4.78, 5) is 10.3. The van der Waals surface area contributed by atoms with Gasteiger partial charge in [0.2, 0.25) is 0 Å². The predicted molar refractivity (Wildman–Crippen MR) is 90.0 cm³/mol. The molecule has 1 N–H and O–H groups in total. The van der Waals surface area contributed by atoms with Gasteiger partial charge < -0.3 is 5.32 Å². The van der Waals surface area contributed by atoms with E-state index in [4.69, 9.17) is 0 Å². The van der Waals surface area contributed by atoms with E-state index in [9.17, 15) is 0 Å². The van der Waals surface area contributed by atoms with Crippen molar-refractivity contribution < 1.29 is 0 Å². The molecule has 0 bridgehead atoms. The number of nitrogens with zero attached hydrogens (tertiary/aromatic N) is 2. The van der Waals surface area contributed by atoms with Gasteiger partial charge in [-0.1, -0.05) is 37.3 Å². The second-order valence-electron chi connectivity index (χ2n) is 5.00. The molecule has 0 atom stereocenters. The summed E-state index contributed by atoms with van der Waals surface area (Å²) >= 11 is 1.68. The number of aryl methyl sites for hydroxylation is 2. The van der Waals surface area contributed by atoms with Gasteiger partial charge in [0.25, 0.3) is 0 Å². The molecule has 21 heavy (non-hydrogen) atoms. The molecule has 0 aliphatic rings. The van der Waals surface area contributed by atoms with Crippen LogP contribution in [0, 0.1) is 0 Å².